The zero-order valence-electron chi connectivity index (χ0n) is 11.5. The van der Waals surface area contributed by atoms with Gasteiger partial charge in [0.15, 0.2) is 0 Å². The average Bonchev–Trinajstić information content (AvgIpc) is 2.47. The van der Waals surface area contributed by atoms with E-state index in [4.69, 9.17) is 10.5 Å². The van der Waals surface area contributed by atoms with Crippen LogP contribution in [0.3, 0.4) is 0 Å². The van der Waals surface area contributed by atoms with Crippen LogP contribution >= 0.6 is 0 Å². The van der Waals surface area contributed by atoms with Crippen LogP contribution in [0, 0.1) is 5.92 Å². The highest BCUT2D eigenvalue weighted by Gasteiger charge is 2.27. The van der Waals surface area contributed by atoms with E-state index in [2.05, 4.69) is 4.98 Å². The molecule has 0 atom stereocenters. The molecule has 2 rings (SSSR count). The minimum absolute atomic E-state index is 0.0630. The fourth-order valence-corrected chi connectivity index (χ4v) is 2.43. The predicted octanol–water partition coefficient (Wildman–Crippen LogP) is 0.960. The van der Waals surface area contributed by atoms with Crippen molar-refractivity contribution in [2.75, 3.05) is 24.6 Å². The second-order valence-electron chi connectivity index (χ2n) is 4.75. The van der Waals surface area contributed by atoms with Crippen LogP contribution in [0.2, 0.25) is 0 Å². The van der Waals surface area contributed by atoms with Crippen molar-refractivity contribution in [3.8, 4) is 0 Å². The molecule has 0 radical (unpaired) electrons. The molecular formula is C14H19N3O3. The summed E-state index contributed by atoms with van der Waals surface area (Å²) in [6.07, 6.45) is 3.04. The molecule has 6 nitrogen and oxygen atoms in total. The van der Waals surface area contributed by atoms with E-state index in [9.17, 15) is 9.59 Å². The molecule has 6 heteroatoms. The lowest BCUT2D eigenvalue weighted by molar-refractivity contribution is -0.148. The number of amides is 1. The van der Waals surface area contributed by atoms with Crippen LogP contribution in [0.1, 0.15) is 30.1 Å². The summed E-state index contributed by atoms with van der Waals surface area (Å²) < 4.78 is 5.04. The summed E-state index contributed by atoms with van der Waals surface area (Å²) in [5, 5.41) is 0. The van der Waals surface area contributed by atoms with Crippen LogP contribution in [0.25, 0.3) is 0 Å². The van der Waals surface area contributed by atoms with Crippen LogP contribution in [-0.4, -0.2) is 36.6 Å². The van der Waals surface area contributed by atoms with Crippen molar-refractivity contribution in [3.63, 3.8) is 0 Å². The second kappa shape index (κ2) is 6.36. The van der Waals surface area contributed by atoms with Gasteiger partial charge in [-0.2, -0.15) is 0 Å². The molecule has 108 valence electrons. The maximum absolute atomic E-state index is 11.7. The molecule has 0 aromatic carbocycles. The summed E-state index contributed by atoms with van der Waals surface area (Å²) >= 11 is 0. The first kappa shape index (κ1) is 14.3. The first-order chi connectivity index (χ1) is 9.63. The van der Waals surface area contributed by atoms with Gasteiger partial charge in [-0.15, -0.1) is 0 Å². The number of hydrogen-bond acceptors (Lipinski definition) is 5. The van der Waals surface area contributed by atoms with Crippen molar-refractivity contribution in [1.29, 1.82) is 0 Å². The first-order valence-electron chi connectivity index (χ1n) is 6.80. The lowest BCUT2D eigenvalue weighted by Gasteiger charge is -2.32. The number of aromatic nitrogens is 1. The second-order valence-corrected chi connectivity index (χ2v) is 4.75. The average molecular weight is 277 g/mol. The Kier molecular flexibility index (Phi) is 4.55. The number of piperidine rings is 1. The molecule has 2 heterocycles. The molecule has 0 unspecified atom stereocenters. The molecule has 1 fully saturated rings. The van der Waals surface area contributed by atoms with Gasteiger partial charge in [-0.3, -0.25) is 9.59 Å². The van der Waals surface area contributed by atoms with Gasteiger partial charge in [0.05, 0.1) is 18.1 Å². The van der Waals surface area contributed by atoms with E-state index in [1.165, 1.54) is 0 Å². The Labute approximate surface area is 117 Å². The number of rotatable bonds is 4. The molecule has 0 aliphatic carbocycles. The van der Waals surface area contributed by atoms with E-state index in [-0.39, 0.29) is 11.9 Å². The monoisotopic (exact) mass is 277 g/mol. The molecule has 1 amide bonds. The molecule has 2 N–H and O–H groups in total. The van der Waals surface area contributed by atoms with E-state index in [1.807, 2.05) is 4.90 Å². The van der Waals surface area contributed by atoms with Gasteiger partial charge in [-0.05, 0) is 31.9 Å². The maximum Gasteiger partial charge on any atom is 0.309 e. The number of carbonyl (C=O) groups excluding carboxylic acids is 2. The number of pyridine rings is 1. The maximum atomic E-state index is 11.7. The molecule has 20 heavy (non-hydrogen) atoms. The summed E-state index contributed by atoms with van der Waals surface area (Å²) in [6.45, 7) is 3.55. The van der Waals surface area contributed by atoms with Crippen molar-refractivity contribution in [2.45, 2.75) is 19.8 Å². The zero-order chi connectivity index (χ0) is 14.5. The van der Waals surface area contributed by atoms with E-state index in [1.54, 1.807) is 25.3 Å². The van der Waals surface area contributed by atoms with Gasteiger partial charge < -0.3 is 15.4 Å². The molecule has 0 spiro atoms. The molecule has 0 saturated carbocycles. The van der Waals surface area contributed by atoms with E-state index >= 15 is 0 Å². The third-order valence-corrected chi connectivity index (χ3v) is 3.47. The Balaban J connectivity index is 2.04. The molecule has 1 aromatic rings. The van der Waals surface area contributed by atoms with Gasteiger partial charge in [0.2, 0.25) is 0 Å². The van der Waals surface area contributed by atoms with Crippen LogP contribution < -0.4 is 10.6 Å². The zero-order valence-corrected chi connectivity index (χ0v) is 11.5. The van der Waals surface area contributed by atoms with Crippen molar-refractivity contribution in [3.05, 3.63) is 23.9 Å². The van der Waals surface area contributed by atoms with Crippen LogP contribution in [-0.2, 0) is 9.53 Å². The number of esters is 1. The molecule has 1 aliphatic heterocycles. The number of primary amides is 1. The van der Waals surface area contributed by atoms with Crippen LogP contribution in [0.5, 0.6) is 0 Å². The van der Waals surface area contributed by atoms with E-state index in [0.29, 0.717) is 43.9 Å². The quantitative estimate of drug-likeness (QED) is 0.828. The Morgan fingerprint density at radius 1 is 1.45 bits per heavy atom. The summed E-state index contributed by atoms with van der Waals surface area (Å²) in [6, 6.07) is 3.36. The number of ether oxygens (including phenoxy) is 1. The highest BCUT2D eigenvalue weighted by atomic mass is 16.5. The fraction of sp³-hybridized carbons (Fsp3) is 0.500. The molecule has 1 aliphatic rings. The topological polar surface area (TPSA) is 85.5 Å². The Hall–Kier alpha value is -2.11. The van der Waals surface area contributed by atoms with Crippen molar-refractivity contribution in [2.24, 2.45) is 11.7 Å². The number of nitrogens with zero attached hydrogens (tertiary/aromatic N) is 2. The Morgan fingerprint density at radius 3 is 2.75 bits per heavy atom. The fourth-order valence-electron chi connectivity index (χ4n) is 2.43. The minimum atomic E-state index is -0.486. The minimum Gasteiger partial charge on any atom is -0.466 e. The van der Waals surface area contributed by atoms with Gasteiger partial charge in [0, 0.05) is 19.3 Å². The van der Waals surface area contributed by atoms with Gasteiger partial charge in [0.25, 0.3) is 5.91 Å². The normalized spacial score (nSPS) is 15.9. The smallest absolute Gasteiger partial charge is 0.309 e. The summed E-state index contributed by atoms with van der Waals surface area (Å²) in [5.74, 6) is -0.0850. The lowest BCUT2D eigenvalue weighted by Crippen LogP contribution is -2.38. The standard InChI is InChI=1S/C14H19N3O3/c1-2-20-14(19)10-5-8-17(9-6-10)13-11(12(15)18)4-3-7-16-13/h3-4,7,10H,2,5-6,8-9H2,1H3,(H2,15,18). The number of nitrogens with two attached hydrogens (primary N) is 1. The first-order valence-corrected chi connectivity index (χ1v) is 6.80. The van der Waals surface area contributed by atoms with Crippen molar-refractivity contribution >= 4 is 17.7 Å². The highest BCUT2D eigenvalue weighted by molar-refractivity contribution is 5.97. The number of hydrogen-bond donors (Lipinski definition) is 1. The SMILES string of the molecule is CCOC(=O)C1CCN(c2ncccc2C(N)=O)CC1. The Morgan fingerprint density at radius 2 is 2.15 bits per heavy atom. The third-order valence-electron chi connectivity index (χ3n) is 3.47. The van der Waals surface area contributed by atoms with E-state index < -0.39 is 5.91 Å². The molecule has 1 saturated heterocycles. The largest absolute Gasteiger partial charge is 0.466 e. The molecular weight excluding hydrogens is 258 g/mol. The van der Waals surface area contributed by atoms with Gasteiger partial charge in [0.1, 0.15) is 5.82 Å². The van der Waals surface area contributed by atoms with Crippen molar-refractivity contribution < 1.29 is 14.3 Å². The molecule has 1 aromatic heterocycles. The summed E-state index contributed by atoms with van der Waals surface area (Å²) in [5.41, 5.74) is 5.78. The summed E-state index contributed by atoms with van der Waals surface area (Å²) in [7, 11) is 0. The summed E-state index contributed by atoms with van der Waals surface area (Å²) in [4.78, 5) is 29.3. The highest BCUT2D eigenvalue weighted by Crippen LogP contribution is 2.25. The van der Waals surface area contributed by atoms with Gasteiger partial charge in [-0.25, -0.2) is 4.98 Å². The lowest BCUT2D eigenvalue weighted by atomic mass is 9.96. The van der Waals surface area contributed by atoms with Gasteiger partial charge in [-0.1, -0.05) is 0 Å². The van der Waals surface area contributed by atoms with Crippen molar-refractivity contribution in [1.82, 2.24) is 4.98 Å². The third kappa shape index (κ3) is 3.07. The van der Waals surface area contributed by atoms with E-state index in [0.717, 1.165) is 0 Å². The number of carbonyl (C=O) groups is 2. The van der Waals surface area contributed by atoms with Gasteiger partial charge >= 0.3 is 5.97 Å². The Bertz CT molecular complexity index is 496. The van der Waals surface area contributed by atoms with Crippen LogP contribution in [0.4, 0.5) is 5.82 Å². The molecule has 0 bridgehead atoms. The predicted molar refractivity (Wildman–Crippen MR) is 74.3 cm³/mol. The van der Waals surface area contributed by atoms with Crippen LogP contribution in [0.15, 0.2) is 18.3 Å². The number of anilines is 1.